The molecular weight excluding hydrogens is 631 g/mol. The summed E-state index contributed by atoms with van der Waals surface area (Å²) in [4.78, 5) is 43.7. The molecule has 47 heavy (non-hydrogen) atoms. The van der Waals surface area contributed by atoms with Crippen molar-refractivity contribution in [2.45, 2.75) is 31.6 Å². The molecule has 4 aromatic rings. The zero-order valence-electron chi connectivity index (χ0n) is 25.3. The van der Waals surface area contributed by atoms with Crippen LogP contribution in [-0.4, -0.2) is 71.7 Å². The number of hydrogen-bond acceptors (Lipinski definition) is 7. The summed E-state index contributed by atoms with van der Waals surface area (Å²) in [7, 11) is 3.02. The average molecular weight is 661 g/mol. The molecule has 0 aliphatic carbocycles. The number of alkyl halides is 3. The minimum absolute atomic E-state index is 0.112. The van der Waals surface area contributed by atoms with Gasteiger partial charge in [0.1, 0.15) is 35.0 Å². The molecule has 5 rings (SSSR count). The van der Waals surface area contributed by atoms with Crippen molar-refractivity contribution in [1.29, 1.82) is 0 Å². The molecule has 2 atom stereocenters. The monoisotopic (exact) mass is 660 g/mol. The number of amides is 1. The maximum Gasteiger partial charge on any atom is 0.411 e. The van der Waals surface area contributed by atoms with Gasteiger partial charge in [-0.25, -0.2) is 13.6 Å². The second-order valence-corrected chi connectivity index (χ2v) is 10.9. The number of carboxylic acids is 1. The number of aryl methyl sites for hydroxylation is 1. The third-order valence-corrected chi connectivity index (χ3v) is 8.10. The van der Waals surface area contributed by atoms with Gasteiger partial charge in [-0.2, -0.15) is 13.2 Å². The van der Waals surface area contributed by atoms with Crippen LogP contribution in [0.2, 0.25) is 0 Å². The van der Waals surface area contributed by atoms with E-state index in [0.29, 0.717) is 45.6 Å². The Morgan fingerprint density at radius 2 is 1.87 bits per heavy atom. The van der Waals surface area contributed by atoms with Gasteiger partial charge in [-0.05, 0) is 30.7 Å². The first-order valence-electron chi connectivity index (χ1n) is 14.3. The van der Waals surface area contributed by atoms with Crippen molar-refractivity contribution in [2.75, 3.05) is 31.8 Å². The zero-order chi connectivity index (χ0) is 34.2. The van der Waals surface area contributed by atoms with Gasteiger partial charge in [0.15, 0.2) is 0 Å². The van der Waals surface area contributed by atoms with Gasteiger partial charge >= 0.3 is 12.1 Å². The SMILES string of the molecule is COc1cc(C)n(C)c(=O)c1-c1ccc(CC(NC(=O)c2c(F)cc(N3CCOC[C@@H]3C(F)(F)F)cc2F)C(=O)O)c2cccnc12. The van der Waals surface area contributed by atoms with E-state index in [9.17, 15) is 32.7 Å². The first-order chi connectivity index (χ1) is 22.2. The van der Waals surface area contributed by atoms with Crippen molar-refractivity contribution >= 4 is 28.5 Å². The molecule has 3 heterocycles. The Morgan fingerprint density at radius 3 is 2.51 bits per heavy atom. The van der Waals surface area contributed by atoms with Crippen LogP contribution >= 0.6 is 0 Å². The molecule has 1 unspecified atom stereocenters. The lowest BCUT2D eigenvalue weighted by Gasteiger charge is -2.38. The van der Waals surface area contributed by atoms with Crippen molar-refractivity contribution in [3.63, 3.8) is 0 Å². The molecule has 10 nitrogen and oxygen atoms in total. The number of morpholine rings is 1. The van der Waals surface area contributed by atoms with Gasteiger partial charge < -0.3 is 29.4 Å². The number of aromatic nitrogens is 2. The van der Waals surface area contributed by atoms with Crippen molar-refractivity contribution in [3.05, 3.63) is 87.5 Å². The summed E-state index contributed by atoms with van der Waals surface area (Å²) in [6, 6.07) is 5.40. The number of carbonyl (C=O) groups is 2. The lowest BCUT2D eigenvalue weighted by atomic mass is 9.95. The Bertz CT molecular complexity index is 1910. The fraction of sp³-hybridized carbons (Fsp3) is 0.312. The summed E-state index contributed by atoms with van der Waals surface area (Å²) >= 11 is 0. The summed E-state index contributed by atoms with van der Waals surface area (Å²) in [6.07, 6.45) is -3.62. The van der Waals surface area contributed by atoms with E-state index in [2.05, 4.69) is 10.3 Å². The average Bonchev–Trinajstić information content (AvgIpc) is 3.02. The molecule has 1 aliphatic rings. The highest BCUT2D eigenvalue weighted by Crippen LogP contribution is 2.35. The third-order valence-electron chi connectivity index (χ3n) is 8.10. The minimum Gasteiger partial charge on any atom is -0.496 e. The summed E-state index contributed by atoms with van der Waals surface area (Å²) in [6.45, 7) is 0.587. The summed E-state index contributed by atoms with van der Waals surface area (Å²) in [5.74, 6) is -5.57. The van der Waals surface area contributed by atoms with Gasteiger partial charge in [0.2, 0.25) is 0 Å². The Morgan fingerprint density at radius 1 is 1.17 bits per heavy atom. The number of nitrogens with one attached hydrogen (secondary N) is 1. The molecule has 248 valence electrons. The molecule has 2 aromatic heterocycles. The van der Waals surface area contributed by atoms with Crippen LogP contribution in [0.3, 0.4) is 0 Å². The van der Waals surface area contributed by atoms with Gasteiger partial charge in [0.25, 0.3) is 11.5 Å². The molecule has 1 amide bonds. The zero-order valence-corrected chi connectivity index (χ0v) is 25.3. The first-order valence-corrected chi connectivity index (χ1v) is 14.3. The van der Waals surface area contributed by atoms with E-state index in [0.717, 1.165) is 4.90 Å². The number of halogens is 5. The van der Waals surface area contributed by atoms with E-state index in [1.807, 2.05) is 0 Å². The van der Waals surface area contributed by atoms with E-state index in [4.69, 9.17) is 9.47 Å². The van der Waals surface area contributed by atoms with Crippen molar-refractivity contribution in [1.82, 2.24) is 14.9 Å². The Kier molecular flexibility index (Phi) is 9.20. The first kappa shape index (κ1) is 33.3. The van der Waals surface area contributed by atoms with E-state index >= 15 is 8.78 Å². The van der Waals surface area contributed by atoms with Gasteiger partial charge in [-0.15, -0.1) is 0 Å². The van der Waals surface area contributed by atoms with Gasteiger partial charge in [-0.1, -0.05) is 18.2 Å². The van der Waals surface area contributed by atoms with Gasteiger partial charge in [0.05, 0.1) is 31.4 Å². The van der Waals surface area contributed by atoms with Crippen LogP contribution in [0, 0.1) is 18.6 Å². The molecule has 2 aromatic carbocycles. The molecule has 2 N–H and O–H groups in total. The van der Waals surface area contributed by atoms with Crippen LogP contribution in [0.1, 0.15) is 21.6 Å². The molecule has 0 spiro atoms. The number of anilines is 1. The van der Waals surface area contributed by atoms with Crippen molar-refractivity contribution < 1.29 is 46.1 Å². The predicted molar refractivity (Wildman–Crippen MR) is 161 cm³/mol. The van der Waals surface area contributed by atoms with E-state index in [-0.39, 0.29) is 30.7 Å². The van der Waals surface area contributed by atoms with E-state index in [1.54, 1.807) is 44.3 Å². The van der Waals surface area contributed by atoms with Crippen molar-refractivity contribution in [2.24, 2.45) is 7.05 Å². The number of fused-ring (bicyclic) bond motifs is 1. The number of hydrogen-bond donors (Lipinski definition) is 2. The molecule has 0 bridgehead atoms. The number of pyridine rings is 2. The van der Waals surface area contributed by atoms with Gasteiger partial charge in [0, 0.05) is 54.6 Å². The highest BCUT2D eigenvalue weighted by atomic mass is 19.4. The third kappa shape index (κ3) is 6.48. The minimum atomic E-state index is -4.75. The Balaban J connectivity index is 1.46. The fourth-order valence-corrected chi connectivity index (χ4v) is 5.59. The number of ether oxygens (including phenoxy) is 2. The maximum atomic E-state index is 15.1. The highest BCUT2D eigenvalue weighted by Gasteiger charge is 2.46. The molecule has 1 aliphatic heterocycles. The standard InChI is InChI=1S/C32H29F5N4O6/c1-16-11-24(46-3)26(30(43)40(16)2)20-7-6-17(19-5-4-8-38-28(19)20)12-23(31(44)45)39-29(42)27-21(33)13-18(14-22(27)34)41-9-10-47-15-25(41)32(35,36)37/h4-8,11,13-14,23,25H,9-10,12,15H2,1-3H3,(H,39,42)(H,44,45)/t23?,25-/m1/s1. The normalized spacial score (nSPS) is 15.8. The van der Waals surface area contributed by atoms with Crippen LogP contribution in [0.5, 0.6) is 5.75 Å². The summed E-state index contributed by atoms with van der Waals surface area (Å²) in [5, 5.41) is 12.5. The van der Waals surface area contributed by atoms with Crippen LogP contribution in [0.15, 0.2) is 53.5 Å². The van der Waals surface area contributed by atoms with E-state index < -0.39 is 59.6 Å². The molecule has 15 heteroatoms. The number of carboxylic acid groups (broad SMARTS) is 1. The summed E-state index contributed by atoms with van der Waals surface area (Å²) < 4.78 is 82.6. The number of carbonyl (C=O) groups excluding carboxylic acids is 1. The smallest absolute Gasteiger partial charge is 0.411 e. The highest BCUT2D eigenvalue weighted by molar-refractivity contribution is 5.99. The van der Waals surface area contributed by atoms with Crippen molar-refractivity contribution in [3.8, 4) is 16.9 Å². The Hall–Kier alpha value is -5.05. The number of methoxy groups -OCH3 is 1. The predicted octanol–water partition coefficient (Wildman–Crippen LogP) is 4.39. The van der Waals surface area contributed by atoms with E-state index in [1.165, 1.54) is 17.9 Å². The molecule has 1 fully saturated rings. The number of rotatable bonds is 8. The van der Waals surface area contributed by atoms with Crippen LogP contribution in [-0.2, 0) is 23.0 Å². The van der Waals surface area contributed by atoms with Gasteiger partial charge in [-0.3, -0.25) is 14.6 Å². The molecular formula is C32H29F5N4O6. The number of benzene rings is 2. The van der Waals surface area contributed by atoms with Crippen LogP contribution in [0.4, 0.5) is 27.6 Å². The second kappa shape index (κ2) is 13.0. The topological polar surface area (TPSA) is 123 Å². The lowest BCUT2D eigenvalue weighted by Crippen LogP contribution is -2.53. The fourth-order valence-electron chi connectivity index (χ4n) is 5.59. The summed E-state index contributed by atoms with van der Waals surface area (Å²) in [5.41, 5.74) is 0.0643. The maximum absolute atomic E-state index is 15.1. The quantitative estimate of drug-likeness (QED) is 0.267. The number of aliphatic carboxylic acids is 1. The Labute approximate surface area is 264 Å². The number of nitrogens with zero attached hydrogens (tertiary/aromatic N) is 3. The van der Waals surface area contributed by atoms with Crippen LogP contribution < -0.4 is 20.5 Å². The largest absolute Gasteiger partial charge is 0.496 e. The lowest BCUT2D eigenvalue weighted by molar-refractivity contribution is -0.167. The molecule has 0 radical (unpaired) electrons. The van der Waals surface area contributed by atoms with Crippen LogP contribution in [0.25, 0.3) is 22.0 Å². The second-order valence-electron chi connectivity index (χ2n) is 10.9. The molecule has 1 saturated heterocycles. The molecule has 0 saturated carbocycles.